The Morgan fingerprint density at radius 2 is 1.50 bits per heavy atom. The van der Waals surface area contributed by atoms with Gasteiger partial charge in [0, 0.05) is 11.1 Å². The zero-order valence-corrected chi connectivity index (χ0v) is 14.4. The van der Waals surface area contributed by atoms with Crippen LogP contribution in [0.5, 0.6) is 11.5 Å². The number of phenols is 2. The molecule has 2 N–H and O–H groups in total. The third-order valence-electron chi connectivity index (χ3n) is 5.07. The molecule has 1 aliphatic carbocycles. The summed E-state index contributed by atoms with van der Waals surface area (Å²) in [5.41, 5.74) is -1.06. The van der Waals surface area contributed by atoms with Gasteiger partial charge in [-0.2, -0.15) is 0 Å². The van der Waals surface area contributed by atoms with E-state index < -0.39 is 21.9 Å². The molecule has 0 heterocycles. The van der Waals surface area contributed by atoms with Crippen LogP contribution in [-0.4, -0.2) is 25.7 Å². The van der Waals surface area contributed by atoms with Crippen molar-refractivity contribution in [3.05, 3.63) is 86.0 Å². The largest absolute Gasteiger partial charge is 0.507 e. The van der Waals surface area contributed by atoms with Gasteiger partial charge in [0.05, 0.1) is 6.08 Å². The topological polar surface area (TPSA) is 127 Å². The molecule has 0 spiro atoms. The van der Waals surface area contributed by atoms with E-state index in [-0.39, 0.29) is 17.1 Å². The number of nitro groups is 2. The fourth-order valence-electron chi connectivity index (χ4n) is 3.65. The normalized spacial score (nSPS) is 14.6. The molecule has 3 aromatic carbocycles. The lowest BCUT2D eigenvalue weighted by Crippen LogP contribution is -2.47. The van der Waals surface area contributed by atoms with Gasteiger partial charge in [-0.1, -0.05) is 36.4 Å². The summed E-state index contributed by atoms with van der Waals surface area (Å²) in [5.74, 6) is -0.207. The molecule has 1 aliphatic rings. The van der Waals surface area contributed by atoms with Crippen LogP contribution in [0.1, 0.15) is 11.1 Å². The smallest absolute Gasteiger partial charge is 0.481 e. The monoisotopic (exact) mass is 378 g/mol. The molecule has 8 nitrogen and oxygen atoms in total. The van der Waals surface area contributed by atoms with Crippen LogP contribution >= 0.6 is 0 Å². The van der Waals surface area contributed by atoms with Crippen molar-refractivity contribution in [2.45, 2.75) is 12.1 Å². The zero-order chi connectivity index (χ0) is 20.1. The van der Waals surface area contributed by atoms with Crippen molar-refractivity contribution in [3.63, 3.8) is 0 Å². The van der Waals surface area contributed by atoms with Crippen LogP contribution in [0.25, 0.3) is 28.0 Å². The maximum absolute atomic E-state index is 11.4. The van der Waals surface area contributed by atoms with Gasteiger partial charge in [-0.3, -0.25) is 20.2 Å². The molecule has 0 radical (unpaired) electrons. The number of benzene rings is 3. The Labute approximate surface area is 158 Å². The average molecular weight is 378 g/mol. The molecule has 0 atom stereocenters. The molecule has 8 heteroatoms. The second kappa shape index (κ2) is 6.05. The first kappa shape index (κ1) is 17.5. The Morgan fingerprint density at radius 3 is 2.21 bits per heavy atom. The minimum Gasteiger partial charge on any atom is -0.507 e. The van der Waals surface area contributed by atoms with Crippen LogP contribution in [0.15, 0.2) is 54.6 Å². The van der Waals surface area contributed by atoms with E-state index in [2.05, 4.69) is 0 Å². The van der Waals surface area contributed by atoms with Crippen molar-refractivity contribution >= 4 is 16.8 Å². The Kier molecular flexibility index (Phi) is 3.78. The van der Waals surface area contributed by atoms with E-state index in [1.807, 2.05) is 12.1 Å². The van der Waals surface area contributed by atoms with Gasteiger partial charge in [-0.05, 0) is 40.1 Å². The van der Waals surface area contributed by atoms with Crippen molar-refractivity contribution in [2.75, 3.05) is 0 Å². The van der Waals surface area contributed by atoms with Gasteiger partial charge in [0.2, 0.25) is 0 Å². The Hall–Kier alpha value is -3.94. The molecule has 0 unspecified atom stereocenters. The van der Waals surface area contributed by atoms with Crippen LogP contribution < -0.4 is 0 Å². The molecule has 0 saturated carbocycles. The molecule has 0 fully saturated rings. The highest BCUT2D eigenvalue weighted by atomic mass is 16.7. The van der Waals surface area contributed by atoms with E-state index in [1.54, 1.807) is 18.2 Å². The minimum absolute atomic E-state index is 0.0730. The van der Waals surface area contributed by atoms with E-state index in [0.29, 0.717) is 22.1 Å². The molecule has 28 heavy (non-hydrogen) atoms. The van der Waals surface area contributed by atoms with E-state index >= 15 is 0 Å². The van der Waals surface area contributed by atoms with Crippen LogP contribution in [0.2, 0.25) is 0 Å². The summed E-state index contributed by atoms with van der Waals surface area (Å²) < 4.78 is 0. The number of phenolic OH excluding ortho intramolecular Hbond substituents is 2. The molecule has 0 bridgehead atoms. The van der Waals surface area contributed by atoms with Crippen LogP contribution in [0.4, 0.5) is 0 Å². The molecular formula is C20H14N2O6. The van der Waals surface area contributed by atoms with E-state index in [4.69, 9.17) is 0 Å². The van der Waals surface area contributed by atoms with Crippen LogP contribution in [-0.2, 0) is 6.42 Å². The van der Waals surface area contributed by atoms with Gasteiger partial charge in [0.15, 0.2) is 0 Å². The second-order valence-corrected chi connectivity index (χ2v) is 6.62. The molecule has 3 aromatic rings. The summed E-state index contributed by atoms with van der Waals surface area (Å²) in [6, 6.07) is 13.3. The van der Waals surface area contributed by atoms with Crippen molar-refractivity contribution in [2.24, 2.45) is 0 Å². The van der Waals surface area contributed by atoms with Crippen molar-refractivity contribution in [3.8, 4) is 22.6 Å². The van der Waals surface area contributed by atoms with Crippen LogP contribution in [0, 0.1) is 20.2 Å². The van der Waals surface area contributed by atoms with Gasteiger partial charge in [-0.25, -0.2) is 0 Å². The zero-order valence-electron chi connectivity index (χ0n) is 14.4. The number of fused-ring (bicyclic) bond motifs is 2. The van der Waals surface area contributed by atoms with Crippen molar-refractivity contribution in [1.29, 1.82) is 0 Å². The number of aromatic hydroxyl groups is 2. The first-order valence-electron chi connectivity index (χ1n) is 8.39. The third-order valence-corrected chi connectivity index (χ3v) is 5.07. The molecule has 4 rings (SSSR count). The summed E-state index contributed by atoms with van der Waals surface area (Å²) in [5, 5.41) is 45.4. The first-order chi connectivity index (χ1) is 13.3. The summed E-state index contributed by atoms with van der Waals surface area (Å²) >= 11 is 0. The lowest BCUT2D eigenvalue weighted by molar-refractivity contribution is -0.780. The van der Waals surface area contributed by atoms with Crippen molar-refractivity contribution in [1.82, 2.24) is 0 Å². The Bertz CT molecular complexity index is 1170. The highest BCUT2D eigenvalue weighted by Crippen LogP contribution is 2.46. The highest BCUT2D eigenvalue weighted by molar-refractivity contribution is 6.03. The number of hydrogen-bond acceptors (Lipinski definition) is 6. The van der Waals surface area contributed by atoms with E-state index in [9.17, 15) is 30.4 Å². The minimum atomic E-state index is -2.46. The van der Waals surface area contributed by atoms with E-state index in [0.717, 1.165) is 11.5 Å². The fourth-order valence-corrected chi connectivity index (χ4v) is 3.65. The molecule has 0 amide bonds. The lowest BCUT2D eigenvalue weighted by atomic mass is 9.84. The maximum Gasteiger partial charge on any atom is 0.481 e. The molecular weight excluding hydrogens is 364 g/mol. The number of rotatable bonds is 3. The first-order valence-corrected chi connectivity index (χ1v) is 8.39. The summed E-state index contributed by atoms with van der Waals surface area (Å²) in [4.78, 5) is 21.0. The summed E-state index contributed by atoms with van der Waals surface area (Å²) in [6.45, 7) is 0. The molecule has 0 saturated heterocycles. The van der Waals surface area contributed by atoms with Crippen molar-refractivity contribution < 1.29 is 20.1 Å². The molecule has 0 aliphatic heterocycles. The Balaban J connectivity index is 2.02. The third kappa shape index (κ3) is 2.38. The van der Waals surface area contributed by atoms with Gasteiger partial charge in [0.1, 0.15) is 27.8 Å². The second-order valence-electron chi connectivity index (χ2n) is 6.62. The average Bonchev–Trinajstić information content (AvgIpc) is 2.68. The lowest BCUT2D eigenvalue weighted by Gasteiger charge is -2.22. The van der Waals surface area contributed by atoms with Gasteiger partial charge >= 0.3 is 5.66 Å². The molecule has 140 valence electrons. The number of nitrogens with zero attached hydrogens (tertiary/aromatic N) is 2. The highest BCUT2D eigenvalue weighted by Gasteiger charge is 2.55. The maximum atomic E-state index is 11.4. The predicted octanol–water partition coefficient (Wildman–Crippen LogP) is 3.74. The van der Waals surface area contributed by atoms with E-state index in [1.165, 1.54) is 24.3 Å². The standard InChI is InChI=1S/C20H14N2O6/c23-16-7-5-12-3-1-2-4-14(12)18(16)19-15-9-10-20(21(25)26,22(27)28)11-13(15)6-8-17(19)24/h1-10,23-24H,11H2. The quantitative estimate of drug-likeness (QED) is 0.406. The summed E-state index contributed by atoms with van der Waals surface area (Å²) in [6.07, 6.45) is 1.75. The number of hydrogen-bond donors (Lipinski definition) is 2. The molecule has 0 aromatic heterocycles. The fraction of sp³-hybridized carbons (Fsp3) is 0.100. The predicted molar refractivity (Wildman–Crippen MR) is 102 cm³/mol. The van der Waals surface area contributed by atoms with Gasteiger partial charge < -0.3 is 10.2 Å². The van der Waals surface area contributed by atoms with Crippen LogP contribution in [0.3, 0.4) is 0 Å². The van der Waals surface area contributed by atoms with Gasteiger partial charge in [0.25, 0.3) is 0 Å². The SMILES string of the molecule is O=[N+]([O-])C1([N+](=O)[O-])C=Cc2c(ccc(O)c2-c2c(O)ccc3ccccc23)C1. The Morgan fingerprint density at radius 1 is 0.857 bits per heavy atom. The summed E-state index contributed by atoms with van der Waals surface area (Å²) in [7, 11) is 0. The van der Waals surface area contributed by atoms with Gasteiger partial charge in [-0.15, -0.1) is 0 Å².